The number of aryl methyl sites for hydroxylation is 1. The summed E-state index contributed by atoms with van der Waals surface area (Å²) in [7, 11) is 0. The van der Waals surface area contributed by atoms with Gasteiger partial charge in [0.15, 0.2) is 0 Å². The molecule has 128 valence electrons. The topological polar surface area (TPSA) is 67.2 Å². The lowest BCUT2D eigenvalue weighted by Gasteiger charge is -2.27. The third kappa shape index (κ3) is 3.17. The molecule has 4 rings (SSSR count). The molecule has 25 heavy (non-hydrogen) atoms. The zero-order chi connectivity index (χ0) is 17.2. The Hall–Kier alpha value is -2.60. The van der Waals surface area contributed by atoms with E-state index in [-0.39, 0.29) is 5.91 Å². The molecule has 0 bridgehead atoms. The molecular formula is C19H20N4O2. The molecule has 1 aromatic heterocycles. The van der Waals surface area contributed by atoms with Crippen LogP contribution in [0, 0.1) is 6.92 Å². The summed E-state index contributed by atoms with van der Waals surface area (Å²) in [4.78, 5) is 19.2. The monoisotopic (exact) mass is 336 g/mol. The van der Waals surface area contributed by atoms with Gasteiger partial charge in [0.2, 0.25) is 0 Å². The molecule has 1 saturated heterocycles. The van der Waals surface area contributed by atoms with E-state index in [4.69, 9.17) is 4.74 Å². The molecule has 2 aromatic rings. The molecule has 6 nitrogen and oxygen atoms in total. The molecule has 0 radical (unpaired) electrons. The maximum absolute atomic E-state index is 12.8. The van der Waals surface area contributed by atoms with Crippen LogP contribution in [0.2, 0.25) is 0 Å². The van der Waals surface area contributed by atoms with Crippen LogP contribution >= 0.6 is 0 Å². The summed E-state index contributed by atoms with van der Waals surface area (Å²) in [6, 6.07) is 7.75. The van der Waals surface area contributed by atoms with Crippen LogP contribution in [0.5, 0.6) is 0 Å². The first-order valence-electron chi connectivity index (χ1n) is 8.59. The van der Waals surface area contributed by atoms with Gasteiger partial charge >= 0.3 is 0 Å². The average molecular weight is 336 g/mol. The zero-order valence-electron chi connectivity index (χ0n) is 14.2. The van der Waals surface area contributed by atoms with Crippen LogP contribution in [-0.2, 0) is 4.74 Å². The number of carbonyl (C=O) groups excluding carboxylic acids is 1. The molecule has 0 spiro atoms. The Morgan fingerprint density at radius 2 is 2.04 bits per heavy atom. The Morgan fingerprint density at radius 1 is 1.20 bits per heavy atom. The number of morpholine rings is 1. The average Bonchev–Trinajstić information content (AvgIpc) is 2.68. The molecule has 6 heteroatoms. The number of pyridine rings is 1. The first-order valence-corrected chi connectivity index (χ1v) is 8.59. The van der Waals surface area contributed by atoms with Crippen molar-refractivity contribution in [2.24, 2.45) is 10.2 Å². The highest BCUT2D eigenvalue weighted by molar-refractivity contribution is 6.12. The van der Waals surface area contributed by atoms with Crippen molar-refractivity contribution in [1.29, 1.82) is 0 Å². The maximum atomic E-state index is 12.8. The summed E-state index contributed by atoms with van der Waals surface area (Å²) < 4.78 is 5.33. The van der Waals surface area contributed by atoms with Gasteiger partial charge in [-0.1, -0.05) is 0 Å². The number of aromatic nitrogens is 1. The lowest BCUT2D eigenvalue weighted by molar-refractivity contribution is 0.0303. The fourth-order valence-electron chi connectivity index (χ4n) is 3.29. The second-order valence-corrected chi connectivity index (χ2v) is 6.33. The first-order chi connectivity index (χ1) is 12.2. The lowest BCUT2D eigenvalue weighted by Crippen LogP contribution is -2.40. The highest BCUT2D eigenvalue weighted by Crippen LogP contribution is 2.24. The molecule has 0 unspecified atom stereocenters. The van der Waals surface area contributed by atoms with Crippen LogP contribution < -0.4 is 0 Å². The van der Waals surface area contributed by atoms with Gasteiger partial charge in [0, 0.05) is 41.5 Å². The van der Waals surface area contributed by atoms with E-state index in [1.807, 2.05) is 42.3 Å². The predicted octanol–water partition coefficient (Wildman–Crippen LogP) is 2.58. The lowest BCUT2D eigenvalue weighted by atomic mass is 9.98. The Labute approximate surface area is 146 Å². The summed E-state index contributed by atoms with van der Waals surface area (Å²) in [6.07, 6.45) is 3.56. The van der Waals surface area contributed by atoms with E-state index in [2.05, 4.69) is 15.2 Å². The Kier molecular flexibility index (Phi) is 4.28. The summed E-state index contributed by atoms with van der Waals surface area (Å²) >= 11 is 0. The number of benzene rings is 1. The van der Waals surface area contributed by atoms with Crippen molar-refractivity contribution in [3.05, 3.63) is 41.1 Å². The summed E-state index contributed by atoms with van der Waals surface area (Å²) in [6.45, 7) is 4.44. The van der Waals surface area contributed by atoms with Crippen molar-refractivity contribution in [3.8, 4) is 0 Å². The van der Waals surface area contributed by atoms with Gasteiger partial charge in [-0.2, -0.15) is 10.2 Å². The van der Waals surface area contributed by atoms with Crippen molar-refractivity contribution >= 4 is 28.7 Å². The molecule has 3 heterocycles. The number of amides is 1. The molecular weight excluding hydrogens is 316 g/mol. The van der Waals surface area contributed by atoms with Crippen LogP contribution in [0.1, 0.15) is 34.5 Å². The number of fused-ring (bicyclic) bond motifs is 1. The highest BCUT2D eigenvalue weighted by atomic mass is 16.5. The number of ether oxygens (including phenoxy) is 1. The third-order valence-electron chi connectivity index (χ3n) is 4.56. The minimum absolute atomic E-state index is 0.0420. The molecule has 2 aliphatic heterocycles. The number of rotatable bonds is 2. The zero-order valence-corrected chi connectivity index (χ0v) is 14.2. The quantitative estimate of drug-likeness (QED) is 0.846. The standard InChI is InChI=1S/C19H20N4O2/c1-13-11-15(18-3-2-6-20-22-18)16-12-14(4-5-17(16)21-13)19(24)23-7-9-25-10-8-23/h4-6,11-12H,2-3,7-10H2,1H3. The Morgan fingerprint density at radius 3 is 2.80 bits per heavy atom. The van der Waals surface area contributed by atoms with Crippen LogP contribution in [-0.4, -0.2) is 54.0 Å². The number of carbonyl (C=O) groups is 1. The first kappa shape index (κ1) is 15.9. The summed E-state index contributed by atoms with van der Waals surface area (Å²) in [5, 5.41) is 9.32. The van der Waals surface area contributed by atoms with Gasteiger partial charge in [-0.15, -0.1) is 0 Å². The fraction of sp³-hybridized carbons (Fsp3) is 0.368. The van der Waals surface area contributed by atoms with Gasteiger partial charge in [-0.05, 0) is 44.0 Å². The fourth-order valence-corrected chi connectivity index (χ4v) is 3.29. The minimum Gasteiger partial charge on any atom is -0.378 e. The molecule has 1 aromatic carbocycles. The molecule has 1 fully saturated rings. The van der Waals surface area contributed by atoms with Crippen LogP contribution in [0.25, 0.3) is 10.9 Å². The SMILES string of the molecule is Cc1cc(C2=NN=CCC2)c2cc(C(=O)N3CCOCC3)ccc2n1. The van der Waals surface area contributed by atoms with Crippen LogP contribution in [0.15, 0.2) is 34.5 Å². The number of nitrogens with zero attached hydrogens (tertiary/aromatic N) is 4. The molecule has 0 N–H and O–H groups in total. The number of hydrogen-bond acceptors (Lipinski definition) is 5. The van der Waals surface area contributed by atoms with E-state index in [1.54, 1.807) is 0 Å². The second-order valence-electron chi connectivity index (χ2n) is 6.33. The van der Waals surface area contributed by atoms with Crippen molar-refractivity contribution < 1.29 is 9.53 Å². The van der Waals surface area contributed by atoms with E-state index < -0.39 is 0 Å². The predicted molar refractivity (Wildman–Crippen MR) is 97.5 cm³/mol. The van der Waals surface area contributed by atoms with Crippen molar-refractivity contribution in [2.45, 2.75) is 19.8 Å². The molecule has 0 aliphatic carbocycles. The van der Waals surface area contributed by atoms with E-state index in [9.17, 15) is 4.79 Å². The van der Waals surface area contributed by atoms with Gasteiger partial charge in [0.25, 0.3) is 5.91 Å². The summed E-state index contributed by atoms with van der Waals surface area (Å²) in [5.74, 6) is 0.0420. The van der Waals surface area contributed by atoms with Crippen molar-refractivity contribution in [3.63, 3.8) is 0 Å². The number of hydrogen-bond donors (Lipinski definition) is 0. The highest BCUT2D eigenvalue weighted by Gasteiger charge is 2.20. The van der Waals surface area contributed by atoms with E-state index in [0.717, 1.165) is 40.7 Å². The molecule has 0 atom stereocenters. The largest absolute Gasteiger partial charge is 0.378 e. The van der Waals surface area contributed by atoms with Crippen LogP contribution in [0.3, 0.4) is 0 Å². The van der Waals surface area contributed by atoms with E-state index in [0.29, 0.717) is 31.9 Å². The third-order valence-corrected chi connectivity index (χ3v) is 4.56. The van der Waals surface area contributed by atoms with Gasteiger partial charge in [-0.3, -0.25) is 9.78 Å². The minimum atomic E-state index is 0.0420. The molecule has 1 amide bonds. The smallest absolute Gasteiger partial charge is 0.254 e. The van der Waals surface area contributed by atoms with Gasteiger partial charge in [0.05, 0.1) is 24.4 Å². The van der Waals surface area contributed by atoms with Gasteiger partial charge in [0.1, 0.15) is 0 Å². The van der Waals surface area contributed by atoms with Crippen LogP contribution in [0.4, 0.5) is 0 Å². The van der Waals surface area contributed by atoms with Crippen molar-refractivity contribution in [1.82, 2.24) is 9.88 Å². The molecule has 0 saturated carbocycles. The van der Waals surface area contributed by atoms with Gasteiger partial charge in [-0.25, -0.2) is 0 Å². The van der Waals surface area contributed by atoms with Gasteiger partial charge < -0.3 is 9.64 Å². The van der Waals surface area contributed by atoms with E-state index in [1.165, 1.54) is 0 Å². The van der Waals surface area contributed by atoms with E-state index >= 15 is 0 Å². The normalized spacial score (nSPS) is 17.6. The Bertz CT molecular complexity index is 882. The molecule has 2 aliphatic rings. The maximum Gasteiger partial charge on any atom is 0.254 e. The van der Waals surface area contributed by atoms with Crippen molar-refractivity contribution in [2.75, 3.05) is 26.3 Å². The summed E-state index contributed by atoms with van der Waals surface area (Å²) in [5.41, 5.74) is 4.48. The second kappa shape index (κ2) is 6.72. The Balaban J connectivity index is 1.78.